The summed E-state index contributed by atoms with van der Waals surface area (Å²) in [5.74, 6) is 0.481. The highest BCUT2D eigenvalue weighted by Gasteiger charge is 2.35. The van der Waals surface area contributed by atoms with Crippen molar-refractivity contribution in [1.82, 2.24) is 20.8 Å². The summed E-state index contributed by atoms with van der Waals surface area (Å²) >= 11 is 7.90. The third-order valence-electron chi connectivity index (χ3n) is 7.53. The topological polar surface area (TPSA) is 72.5 Å². The molecular weight excluding hydrogens is 526 g/mol. The van der Waals surface area contributed by atoms with E-state index < -0.39 is 0 Å². The number of H-pyrrole nitrogens is 1. The Bertz CT molecular complexity index is 1530. The standard InChI is InChI=1S/C31H32ClN5OS/c1-20-12-14-23(15-13-20)29-35-36-31(37(29)33-19-21-8-4-2-5-9-21)39-28-27(22-10-6-3-7-11-22)25-18-24(32)16-17-26(25)34-30(28)38/h3,6-7,10-19,21,29,31,35-36H,2,4-5,8-9H2,1H3,(H,34,38)/b33-19+. The highest BCUT2D eigenvalue weighted by Crippen LogP contribution is 2.40. The predicted octanol–water partition coefficient (Wildman–Crippen LogP) is 7.21. The first kappa shape index (κ1) is 26.1. The monoisotopic (exact) mass is 557 g/mol. The van der Waals surface area contributed by atoms with Gasteiger partial charge in [-0.15, -0.1) is 0 Å². The second-order valence-corrected chi connectivity index (χ2v) is 11.9. The molecule has 4 aromatic rings. The molecule has 39 heavy (non-hydrogen) atoms. The lowest BCUT2D eigenvalue weighted by Crippen LogP contribution is -2.32. The Hall–Kier alpha value is -3.10. The Morgan fingerprint density at radius 2 is 1.74 bits per heavy atom. The van der Waals surface area contributed by atoms with E-state index in [1.807, 2.05) is 42.5 Å². The zero-order chi connectivity index (χ0) is 26.8. The maximum Gasteiger partial charge on any atom is 0.262 e. The van der Waals surface area contributed by atoms with Gasteiger partial charge < -0.3 is 4.98 Å². The van der Waals surface area contributed by atoms with Gasteiger partial charge >= 0.3 is 0 Å². The quantitative estimate of drug-likeness (QED) is 0.218. The molecule has 2 unspecified atom stereocenters. The van der Waals surface area contributed by atoms with Crippen molar-refractivity contribution in [2.24, 2.45) is 11.0 Å². The molecule has 3 N–H and O–H groups in total. The van der Waals surface area contributed by atoms with Gasteiger partial charge in [-0.1, -0.05) is 103 Å². The van der Waals surface area contributed by atoms with Crippen molar-refractivity contribution in [2.75, 3.05) is 0 Å². The molecule has 8 heteroatoms. The van der Waals surface area contributed by atoms with Crippen LogP contribution in [0.4, 0.5) is 0 Å². The largest absolute Gasteiger partial charge is 0.321 e. The number of hydrogen-bond donors (Lipinski definition) is 3. The third-order valence-corrected chi connectivity index (χ3v) is 8.94. The predicted molar refractivity (Wildman–Crippen MR) is 162 cm³/mol. The smallest absolute Gasteiger partial charge is 0.262 e. The van der Waals surface area contributed by atoms with Gasteiger partial charge in [0.05, 0.1) is 4.90 Å². The van der Waals surface area contributed by atoms with Crippen LogP contribution in [0.2, 0.25) is 5.02 Å². The van der Waals surface area contributed by atoms with Gasteiger partial charge in [0.2, 0.25) is 0 Å². The Balaban J connectivity index is 1.41. The van der Waals surface area contributed by atoms with Crippen LogP contribution in [0.25, 0.3) is 22.0 Å². The van der Waals surface area contributed by atoms with E-state index in [2.05, 4.69) is 58.2 Å². The number of pyridine rings is 1. The summed E-state index contributed by atoms with van der Waals surface area (Å²) in [5, 5.41) is 8.64. The number of aryl methyl sites for hydroxylation is 1. The maximum atomic E-state index is 13.6. The normalized spacial score (nSPS) is 20.3. The minimum Gasteiger partial charge on any atom is -0.321 e. The lowest BCUT2D eigenvalue weighted by molar-refractivity contribution is 0.240. The molecule has 1 saturated carbocycles. The summed E-state index contributed by atoms with van der Waals surface area (Å²) in [6, 6.07) is 24.1. The average Bonchev–Trinajstić information content (AvgIpc) is 3.36. The van der Waals surface area contributed by atoms with Gasteiger partial charge in [-0.05, 0) is 55.0 Å². The van der Waals surface area contributed by atoms with Gasteiger partial charge in [0.1, 0.15) is 6.17 Å². The number of rotatable bonds is 6. The number of hydrogen-bond acceptors (Lipinski definition) is 6. The Morgan fingerprint density at radius 1 is 0.974 bits per heavy atom. The summed E-state index contributed by atoms with van der Waals surface area (Å²) in [6.07, 6.45) is 8.11. The number of hydrazine groups is 1. The zero-order valence-electron chi connectivity index (χ0n) is 21.9. The summed E-state index contributed by atoms with van der Waals surface area (Å²) < 4.78 is 0. The first-order valence-electron chi connectivity index (χ1n) is 13.5. The summed E-state index contributed by atoms with van der Waals surface area (Å²) in [5.41, 5.74) is 11.3. The molecular formula is C31H32ClN5OS. The van der Waals surface area contributed by atoms with E-state index in [1.165, 1.54) is 49.4 Å². The summed E-state index contributed by atoms with van der Waals surface area (Å²) in [6.45, 7) is 2.09. The van der Waals surface area contributed by atoms with E-state index in [4.69, 9.17) is 16.7 Å². The number of halogens is 1. The molecule has 2 heterocycles. The van der Waals surface area contributed by atoms with Gasteiger partial charge in [-0.2, -0.15) is 5.10 Å². The molecule has 1 aromatic heterocycles. The second-order valence-electron chi connectivity index (χ2n) is 10.3. The lowest BCUT2D eigenvalue weighted by Gasteiger charge is -2.27. The molecule has 200 valence electrons. The number of aromatic amines is 1. The molecule has 0 spiro atoms. The van der Waals surface area contributed by atoms with Crippen molar-refractivity contribution in [3.05, 3.63) is 99.3 Å². The third kappa shape index (κ3) is 5.63. The van der Waals surface area contributed by atoms with Crippen molar-refractivity contribution < 1.29 is 0 Å². The first-order valence-corrected chi connectivity index (χ1v) is 14.8. The van der Waals surface area contributed by atoms with Gasteiger partial charge in [0.15, 0.2) is 5.50 Å². The van der Waals surface area contributed by atoms with E-state index in [0.29, 0.717) is 15.8 Å². The fourth-order valence-corrected chi connectivity index (χ4v) is 6.74. The molecule has 3 aromatic carbocycles. The summed E-state index contributed by atoms with van der Waals surface area (Å²) in [7, 11) is 0. The molecule has 1 aliphatic heterocycles. The number of hydrazone groups is 1. The Morgan fingerprint density at radius 3 is 2.51 bits per heavy atom. The first-order chi connectivity index (χ1) is 19.1. The van der Waals surface area contributed by atoms with Crippen LogP contribution < -0.4 is 16.4 Å². The van der Waals surface area contributed by atoms with E-state index >= 15 is 0 Å². The van der Waals surface area contributed by atoms with E-state index in [1.54, 1.807) is 6.07 Å². The fourth-order valence-electron chi connectivity index (χ4n) is 5.43. The molecule has 2 aliphatic rings. The highest BCUT2D eigenvalue weighted by molar-refractivity contribution is 8.00. The molecule has 2 atom stereocenters. The van der Waals surface area contributed by atoms with Crippen LogP contribution in [0.3, 0.4) is 0 Å². The van der Waals surface area contributed by atoms with Crippen LogP contribution in [0.15, 0.2) is 87.6 Å². The van der Waals surface area contributed by atoms with Crippen molar-refractivity contribution in [3.63, 3.8) is 0 Å². The van der Waals surface area contributed by atoms with E-state index in [0.717, 1.165) is 27.6 Å². The van der Waals surface area contributed by atoms with E-state index in [-0.39, 0.29) is 17.2 Å². The molecule has 1 saturated heterocycles. The van der Waals surface area contributed by atoms with Crippen LogP contribution in [-0.2, 0) is 0 Å². The van der Waals surface area contributed by atoms with Gasteiger partial charge in [0.25, 0.3) is 5.56 Å². The zero-order valence-corrected chi connectivity index (χ0v) is 23.4. The SMILES string of the molecule is Cc1ccc(C2NNC(Sc3c(-c4ccccc4)c4cc(Cl)ccc4[nH]c3=O)N2/N=C/C2CCCCC2)cc1. The lowest BCUT2D eigenvalue weighted by atomic mass is 9.90. The number of fused-ring (bicyclic) bond motifs is 1. The van der Waals surface area contributed by atoms with Crippen LogP contribution >= 0.6 is 23.4 Å². The van der Waals surface area contributed by atoms with Crippen LogP contribution in [0.5, 0.6) is 0 Å². The number of aromatic nitrogens is 1. The molecule has 0 amide bonds. The van der Waals surface area contributed by atoms with E-state index in [9.17, 15) is 4.79 Å². The van der Waals surface area contributed by atoms with Gasteiger partial charge in [0, 0.05) is 27.7 Å². The van der Waals surface area contributed by atoms with Crippen LogP contribution in [0.1, 0.15) is 49.4 Å². The maximum absolute atomic E-state index is 13.6. The second kappa shape index (κ2) is 11.6. The van der Waals surface area contributed by atoms with Crippen molar-refractivity contribution in [2.45, 2.75) is 55.6 Å². The minimum absolute atomic E-state index is 0.134. The molecule has 1 aliphatic carbocycles. The average molecular weight is 558 g/mol. The molecule has 0 bridgehead atoms. The molecule has 2 fully saturated rings. The number of benzene rings is 3. The summed E-state index contributed by atoms with van der Waals surface area (Å²) in [4.78, 5) is 17.3. The highest BCUT2D eigenvalue weighted by atomic mass is 35.5. The molecule has 6 nitrogen and oxygen atoms in total. The van der Waals surface area contributed by atoms with Crippen LogP contribution in [0, 0.1) is 12.8 Å². The number of thioether (sulfide) groups is 1. The fraction of sp³-hybridized carbons (Fsp3) is 0.290. The number of nitrogens with one attached hydrogen (secondary N) is 3. The van der Waals surface area contributed by atoms with Crippen LogP contribution in [-0.4, -0.2) is 21.7 Å². The van der Waals surface area contributed by atoms with Gasteiger partial charge in [-0.3, -0.25) is 4.79 Å². The molecule has 0 radical (unpaired) electrons. The van der Waals surface area contributed by atoms with Crippen molar-refractivity contribution in [1.29, 1.82) is 0 Å². The Labute approximate surface area is 237 Å². The minimum atomic E-state index is -0.309. The Kier molecular flexibility index (Phi) is 7.75. The van der Waals surface area contributed by atoms with Crippen molar-refractivity contribution >= 4 is 40.5 Å². The van der Waals surface area contributed by atoms with Gasteiger partial charge in [-0.25, -0.2) is 15.9 Å². The number of nitrogens with zero attached hydrogens (tertiary/aromatic N) is 2. The van der Waals surface area contributed by atoms with Crippen molar-refractivity contribution in [3.8, 4) is 11.1 Å². The molecule has 6 rings (SSSR count).